The molecule has 5 nitrogen and oxygen atoms in total. The molecule has 1 fully saturated rings. The average Bonchev–Trinajstić information content (AvgIpc) is 2.89. The molecule has 2 rings (SSSR count). The summed E-state index contributed by atoms with van der Waals surface area (Å²) >= 11 is 3.14. The van der Waals surface area contributed by atoms with Crippen LogP contribution in [0.2, 0.25) is 0 Å². The first-order valence-electron chi connectivity index (χ1n) is 7.55. The fourth-order valence-electron chi connectivity index (χ4n) is 2.28. The molecule has 0 bridgehead atoms. The van der Waals surface area contributed by atoms with Gasteiger partial charge in [0.2, 0.25) is 0 Å². The number of alkyl halides is 1. The number of halogens is 1. The summed E-state index contributed by atoms with van der Waals surface area (Å²) in [7, 11) is 0. The van der Waals surface area contributed by atoms with Crippen molar-refractivity contribution in [1.29, 1.82) is 0 Å². The number of rotatable bonds is 7. The number of ether oxygens (including phenoxy) is 3. The van der Waals surface area contributed by atoms with E-state index in [-0.39, 0.29) is 24.5 Å². The molecule has 0 aliphatic carbocycles. The Morgan fingerprint density at radius 2 is 2.00 bits per heavy atom. The van der Waals surface area contributed by atoms with Crippen LogP contribution in [0, 0.1) is 0 Å². The number of Topliss-reactive ketones (excluding diaryl/α,β-unsaturated/α-hetero) is 1. The fourth-order valence-corrected chi connectivity index (χ4v) is 2.61. The van der Waals surface area contributed by atoms with Gasteiger partial charge in [-0.15, -0.1) is 0 Å². The van der Waals surface area contributed by atoms with E-state index in [0.29, 0.717) is 30.3 Å². The van der Waals surface area contributed by atoms with Gasteiger partial charge in [-0.2, -0.15) is 0 Å². The summed E-state index contributed by atoms with van der Waals surface area (Å²) in [4.78, 5) is 23.3. The smallest absolute Gasteiger partial charge is 0.306 e. The average molecular weight is 385 g/mol. The summed E-state index contributed by atoms with van der Waals surface area (Å²) in [6.07, 6.45) is 0.668. The topological polar surface area (TPSA) is 61.8 Å². The third-order valence-corrected chi connectivity index (χ3v) is 4.02. The molecule has 6 heteroatoms. The van der Waals surface area contributed by atoms with Crippen molar-refractivity contribution >= 4 is 27.7 Å². The van der Waals surface area contributed by atoms with Crippen LogP contribution in [0.3, 0.4) is 0 Å². The summed E-state index contributed by atoms with van der Waals surface area (Å²) in [5, 5.41) is 0.308. The van der Waals surface area contributed by atoms with E-state index < -0.39 is 5.79 Å². The molecule has 1 heterocycles. The molecule has 0 amide bonds. The molecule has 1 unspecified atom stereocenters. The second kappa shape index (κ2) is 8.04. The molecule has 0 saturated carbocycles. The van der Waals surface area contributed by atoms with Gasteiger partial charge < -0.3 is 14.2 Å². The summed E-state index contributed by atoms with van der Waals surface area (Å²) < 4.78 is 16.2. The molecule has 1 aromatic carbocycles. The molecular formula is C17H21BrO5. The first-order chi connectivity index (χ1) is 10.9. The van der Waals surface area contributed by atoms with Crippen LogP contribution in [-0.4, -0.2) is 42.2 Å². The van der Waals surface area contributed by atoms with Gasteiger partial charge in [-0.3, -0.25) is 9.59 Å². The number of ketones is 1. The van der Waals surface area contributed by atoms with E-state index in [1.807, 2.05) is 26.0 Å². The molecule has 1 aromatic rings. The Morgan fingerprint density at radius 1 is 1.30 bits per heavy atom. The number of hydrogen-bond acceptors (Lipinski definition) is 5. The van der Waals surface area contributed by atoms with Crippen molar-refractivity contribution in [1.82, 2.24) is 0 Å². The van der Waals surface area contributed by atoms with Crippen LogP contribution in [0.4, 0.5) is 0 Å². The SMILES string of the molecule is CC1(C)OCC(COC(=O)CCc2ccc(C(=O)CBr)cc2)O1. The Kier molecular flexibility index (Phi) is 6.33. The van der Waals surface area contributed by atoms with E-state index in [2.05, 4.69) is 15.9 Å². The predicted octanol–water partition coefficient (Wildman–Crippen LogP) is 2.89. The number of esters is 1. The maximum absolute atomic E-state index is 11.8. The number of benzene rings is 1. The lowest BCUT2D eigenvalue weighted by Gasteiger charge is -2.17. The molecular weight excluding hydrogens is 364 g/mol. The van der Waals surface area contributed by atoms with Gasteiger partial charge in [0.15, 0.2) is 11.6 Å². The maximum Gasteiger partial charge on any atom is 0.306 e. The Morgan fingerprint density at radius 3 is 2.57 bits per heavy atom. The van der Waals surface area contributed by atoms with Crippen molar-refractivity contribution in [2.45, 2.75) is 38.6 Å². The predicted molar refractivity (Wildman–Crippen MR) is 88.8 cm³/mol. The zero-order valence-corrected chi connectivity index (χ0v) is 14.9. The van der Waals surface area contributed by atoms with Gasteiger partial charge in [-0.25, -0.2) is 0 Å². The minimum absolute atomic E-state index is 0.0395. The van der Waals surface area contributed by atoms with Crippen LogP contribution in [0.15, 0.2) is 24.3 Å². The number of carbonyl (C=O) groups is 2. The van der Waals surface area contributed by atoms with Gasteiger partial charge in [-0.05, 0) is 25.8 Å². The Hall–Kier alpha value is -1.24. The van der Waals surface area contributed by atoms with Gasteiger partial charge in [0.25, 0.3) is 0 Å². The van der Waals surface area contributed by atoms with Crippen LogP contribution in [0.5, 0.6) is 0 Å². The lowest BCUT2D eigenvalue weighted by molar-refractivity contribution is -0.158. The zero-order chi connectivity index (χ0) is 16.9. The molecule has 23 heavy (non-hydrogen) atoms. The van der Waals surface area contributed by atoms with Crippen molar-refractivity contribution in [2.24, 2.45) is 0 Å². The molecule has 1 aliphatic rings. The molecule has 0 spiro atoms. The number of carbonyl (C=O) groups excluding carboxylic acids is 2. The Balaban J connectivity index is 1.71. The third kappa shape index (κ3) is 5.71. The molecule has 126 valence electrons. The van der Waals surface area contributed by atoms with Crippen LogP contribution in [-0.2, 0) is 25.4 Å². The molecule has 1 saturated heterocycles. The van der Waals surface area contributed by atoms with Gasteiger partial charge in [0, 0.05) is 12.0 Å². The lowest BCUT2D eigenvalue weighted by atomic mass is 10.1. The third-order valence-electron chi connectivity index (χ3n) is 3.51. The van der Waals surface area contributed by atoms with E-state index in [1.54, 1.807) is 12.1 Å². The largest absolute Gasteiger partial charge is 0.463 e. The molecule has 0 radical (unpaired) electrons. The fraction of sp³-hybridized carbons (Fsp3) is 0.529. The van der Waals surface area contributed by atoms with Crippen molar-refractivity contribution in [3.05, 3.63) is 35.4 Å². The van der Waals surface area contributed by atoms with Crippen LogP contribution in [0.1, 0.15) is 36.2 Å². The highest BCUT2D eigenvalue weighted by molar-refractivity contribution is 9.09. The maximum atomic E-state index is 11.8. The van der Waals surface area contributed by atoms with Crippen LogP contribution in [0.25, 0.3) is 0 Å². The summed E-state index contributed by atoms with van der Waals surface area (Å²) in [6, 6.07) is 7.27. The van der Waals surface area contributed by atoms with Crippen molar-refractivity contribution < 1.29 is 23.8 Å². The summed E-state index contributed by atoms with van der Waals surface area (Å²) in [5.41, 5.74) is 1.66. The Bertz CT molecular complexity index is 553. The van der Waals surface area contributed by atoms with E-state index in [1.165, 1.54) is 0 Å². The quantitative estimate of drug-likeness (QED) is 0.410. The highest BCUT2D eigenvalue weighted by Crippen LogP contribution is 2.22. The van der Waals surface area contributed by atoms with Crippen molar-refractivity contribution in [3.63, 3.8) is 0 Å². The van der Waals surface area contributed by atoms with Crippen LogP contribution < -0.4 is 0 Å². The standard InChI is InChI=1S/C17H21BrO5/c1-17(2)22-11-14(23-17)10-21-16(20)8-5-12-3-6-13(7-4-12)15(19)9-18/h3-4,6-7,14H,5,8-11H2,1-2H3. The van der Waals surface area contributed by atoms with Crippen molar-refractivity contribution in [3.8, 4) is 0 Å². The normalized spacial score (nSPS) is 19.5. The molecule has 1 aliphatic heterocycles. The minimum Gasteiger partial charge on any atom is -0.463 e. The van der Waals surface area contributed by atoms with Gasteiger partial charge in [0.05, 0.1) is 11.9 Å². The first-order valence-corrected chi connectivity index (χ1v) is 8.67. The van der Waals surface area contributed by atoms with Gasteiger partial charge in [-0.1, -0.05) is 40.2 Å². The van der Waals surface area contributed by atoms with Gasteiger partial charge >= 0.3 is 5.97 Å². The summed E-state index contributed by atoms with van der Waals surface area (Å²) in [5.74, 6) is -0.831. The molecule has 1 atom stereocenters. The van der Waals surface area contributed by atoms with E-state index in [0.717, 1.165) is 5.56 Å². The molecule has 0 aromatic heterocycles. The number of aryl methyl sites for hydroxylation is 1. The van der Waals surface area contributed by atoms with E-state index in [9.17, 15) is 9.59 Å². The molecule has 0 N–H and O–H groups in total. The van der Waals surface area contributed by atoms with E-state index in [4.69, 9.17) is 14.2 Å². The first kappa shape index (κ1) is 18.1. The monoisotopic (exact) mass is 384 g/mol. The summed E-state index contributed by atoms with van der Waals surface area (Å²) in [6.45, 7) is 4.31. The second-order valence-electron chi connectivity index (χ2n) is 5.89. The highest BCUT2D eigenvalue weighted by atomic mass is 79.9. The zero-order valence-electron chi connectivity index (χ0n) is 13.3. The minimum atomic E-state index is -0.606. The Labute approximate surface area is 144 Å². The highest BCUT2D eigenvalue weighted by Gasteiger charge is 2.33. The number of hydrogen-bond donors (Lipinski definition) is 0. The second-order valence-corrected chi connectivity index (χ2v) is 6.45. The lowest BCUT2D eigenvalue weighted by Crippen LogP contribution is -2.25. The van der Waals surface area contributed by atoms with Gasteiger partial charge in [0.1, 0.15) is 12.7 Å². The van der Waals surface area contributed by atoms with Crippen molar-refractivity contribution in [2.75, 3.05) is 18.5 Å². The van der Waals surface area contributed by atoms with E-state index >= 15 is 0 Å². The van der Waals surface area contributed by atoms with Crippen LogP contribution >= 0.6 is 15.9 Å².